The molecule has 41 heavy (non-hydrogen) atoms. The van der Waals surface area contributed by atoms with Crippen molar-refractivity contribution in [2.45, 2.75) is 37.7 Å². The number of halogens is 10. The molecule has 1 atom stereocenters. The van der Waals surface area contributed by atoms with E-state index < -0.39 is 57.3 Å². The van der Waals surface area contributed by atoms with E-state index in [9.17, 15) is 35.5 Å². The molecule has 5 nitrogen and oxygen atoms in total. The molecule has 1 aliphatic rings. The van der Waals surface area contributed by atoms with Crippen LogP contribution in [-0.4, -0.2) is 29.3 Å². The third-order valence-corrected chi connectivity index (χ3v) is 7.21. The molecule has 3 aromatic rings. The normalized spacial score (nSPS) is 17.3. The van der Waals surface area contributed by atoms with Gasteiger partial charge in [-0.15, -0.1) is 0 Å². The number of nitrogens with zero attached hydrogens (tertiary/aromatic N) is 2. The van der Waals surface area contributed by atoms with Gasteiger partial charge in [0.2, 0.25) is 0 Å². The van der Waals surface area contributed by atoms with Gasteiger partial charge in [-0.25, -0.2) is 4.39 Å². The average Bonchev–Trinajstić information content (AvgIpc) is 3.34. The number of nitrogens with one attached hydrogen (secondary N) is 1. The van der Waals surface area contributed by atoms with E-state index in [1.54, 1.807) is 6.92 Å². The fraction of sp³-hybridized carbons (Fsp3) is 0.269. The lowest BCUT2D eigenvalue weighted by atomic mass is 9.86. The lowest BCUT2D eigenvalue weighted by molar-refractivity contribution is -0.275. The summed E-state index contributed by atoms with van der Waals surface area (Å²) in [7, 11) is 0. The Hall–Kier alpha value is -3.09. The fourth-order valence-corrected chi connectivity index (χ4v) is 4.89. The largest absolute Gasteiger partial charge is 0.435 e. The smallest absolute Gasteiger partial charge is 0.374 e. The maximum absolute atomic E-state index is 14.2. The maximum atomic E-state index is 14.2. The van der Waals surface area contributed by atoms with Gasteiger partial charge < -0.3 is 10.2 Å². The van der Waals surface area contributed by atoms with E-state index >= 15 is 0 Å². The molecule has 0 saturated heterocycles. The van der Waals surface area contributed by atoms with Crippen LogP contribution in [0.2, 0.25) is 15.1 Å². The molecule has 1 N–H and O–H groups in total. The zero-order valence-corrected chi connectivity index (χ0v) is 22.9. The highest BCUT2D eigenvalue weighted by molar-refractivity contribution is 6.35. The number of aryl methyl sites for hydroxylation is 1. The molecule has 0 spiro atoms. The Labute approximate surface area is 243 Å². The molecule has 1 unspecified atom stereocenters. The maximum Gasteiger partial charge on any atom is 0.435 e. The van der Waals surface area contributed by atoms with Crippen LogP contribution in [0.4, 0.5) is 30.7 Å². The predicted molar refractivity (Wildman–Crippen MR) is 138 cm³/mol. The van der Waals surface area contributed by atoms with Crippen molar-refractivity contribution in [3.8, 4) is 0 Å². The number of rotatable bonds is 6. The van der Waals surface area contributed by atoms with E-state index in [4.69, 9.17) is 39.6 Å². The second-order valence-corrected chi connectivity index (χ2v) is 10.3. The summed E-state index contributed by atoms with van der Waals surface area (Å²) in [6.07, 6.45) is -9.66. The summed E-state index contributed by atoms with van der Waals surface area (Å²) in [5.41, 5.74) is -3.60. The van der Waals surface area contributed by atoms with Gasteiger partial charge in [0.1, 0.15) is 0 Å². The first-order valence-electron chi connectivity index (χ1n) is 11.6. The van der Waals surface area contributed by atoms with Crippen molar-refractivity contribution in [3.63, 3.8) is 0 Å². The van der Waals surface area contributed by atoms with E-state index in [1.165, 1.54) is 18.2 Å². The molecule has 0 saturated carbocycles. The van der Waals surface area contributed by atoms with Crippen molar-refractivity contribution in [1.29, 1.82) is 0 Å². The highest BCUT2D eigenvalue weighted by Crippen LogP contribution is 2.50. The standard InChI is InChI=1S/C26H17Cl3F7N3O2/c1-12-6-13(21-10-24(41-39-21,26(34,35)36)14-7-18(28)22(30)19(29)8-14)2-3-16(12)23(40)37-5-4-20-17(27)9-15(11-38-20)25(31,32)33/h2-3,6-9,11H,4-5,10H2,1H3,(H,37,40). The molecule has 1 amide bonds. The summed E-state index contributed by atoms with van der Waals surface area (Å²) in [5.74, 6) is -1.61. The number of pyridine rings is 1. The quantitative estimate of drug-likeness (QED) is 0.219. The topological polar surface area (TPSA) is 63.6 Å². The minimum absolute atomic E-state index is 0.00442. The SMILES string of the molecule is Cc1cc(C2=NOC(c3cc(Cl)c(F)c(Cl)c3)(C(F)(F)F)C2)ccc1C(=O)NCCc1ncc(C(F)(F)F)cc1Cl. The monoisotopic (exact) mass is 641 g/mol. The van der Waals surface area contributed by atoms with E-state index in [2.05, 4.69) is 15.5 Å². The fourth-order valence-electron chi connectivity index (χ4n) is 4.14. The van der Waals surface area contributed by atoms with Crippen molar-refractivity contribution in [2.75, 3.05) is 6.54 Å². The molecule has 0 bridgehead atoms. The Morgan fingerprint density at radius 2 is 1.68 bits per heavy atom. The molecule has 1 aromatic heterocycles. The van der Waals surface area contributed by atoms with Crippen LogP contribution in [0.3, 0.4) is 0 Å². The first kappa shape index (κ1) is 30.9. The van der Waals surface area contributed by atoms with Crippen LogP contribution in [0.5, 0.6) is 0 Å². The molecule has 0 fully saturated rings. The molecular formula is C26H17Cl3F7N3O2. The molecule has 1 aliphatic heterocycles. The summed E-state index contributed by atoms with van der Waals surface area (Å²) in [6.45, 7) is 1.55. The summed E-state index contributed by atoms with van der Waals surface area (Å²) >= 11 is 17.3. The molecule has 0 radical (unpaired) electrons. The average molecular weight is 643 g/mol. The van der Waals surface area contributed by atoms with Crippen LogP contribution < -0.4 is 5.32 Å². The van der Waals surface area contributed by atoms with Gasteiger partial charge in [-0.2, -0.15) is 26.3 Å². The van der Waals surface area contributed by atoms with Crippen LogP contribution in [0.1, 0.15) is 44.7 Å². The summed E-state index contributed by atoms with van der Waals surface area (Å²) < 4.78 is 94.9. The highest BCUT2D eigenvalue weighted by Gasteiger charge is 2.62. The third-order valence-electron chi connectivity index (χ3n) is 6.33. The number of aromatic nitrogens is 1. The number of oxime groups is 1. The number of alkyl halides is 6. The number of carbonyl (C=O) groups excluding carboxylic acids is 1. The Balaban J connectivity index is 1.47. The number of hydrogen-bond acceptors (Lipinski definition) is 4. The number of benzene rings is 2. The summed E-state index contributed by atoms with van der Waals surface area (Å²) in [4.78, 5) is 21.3. The van der Waals surface area contributed by atoms with Crippen LogP contribution >= 0.6 is 34.8 Å². The first-order valence-corrected chi connectivity index (χ1v) is 12.7. The van der Waals surface area contributed by atoms with Crippen LogP contribution in [0.25, 0.3) is 0 Å². The van der Waals surface area contributed by atoms with Crippen LogP contribution in [0.15, 0.2) is 47.8 Å². The zero-order valence-electron chi connectivity index (χ0n) is 20.7. The van der Waals surface area contributed by atoms with Crippen LogP contribution in [-0.2, 0) is 23.0 Å². The summed E-state index contributed by atoms with van der Waals surface area (Å²) in [6, 6.07) is 6.52. The second-order valence-electron chi connectivity index (χ2n) is 9.07. The summed E-state index contributed by atoms with van der Waals surface area (Å²) in [5, 5.41) is 4.81. The van der Waals surface area contributed by atoms with Crippen LogP contribution in [0, 0.1) is 12.7 Å². The van der Waals surface area contributed by atoms with Crippen molar-refractivity contribution in [2.24, 2.45) is 5.16 Å². The van der Waals surface area contributed by atoms with E-state index in [0.717, 1.165) is 18.2 Å². The van der Waals surface area contributed by atoms with Crippen molar-refractivity contribution in [1.82, 2.24) is 10.3 Å². The van der Waals surface area contributed by atoms with Gasteiger partial charge in [-0.05, 0) is 48.4 Å². The molecular weight excluding hydrogens is 626 g/mol. The first-order chi connectivity index (χ1) is 19.0. The number of carbonyl (C=O) groups is 1. The van der Waals surface area contributed by atoms with Gasteiger partial charge in [-0.1, -0.05) is 46.0 Å². The second kappa shape index (κ2) is 11.3. The van der Waals surface area contributed by atoms with Gasteiger partial charge in [0.15, 0.2) is 5.82 Å². The molecule has 2 aromatic carbocycles. The van der Waals surface area contributed by atoms with E-state index in [0.29, 0.717) is 11.8 Å². The van der Waals surface area contributed by atoms with Crippen molar-refractivity contribution < 1.29 is 40.4 Å². The molecule has 15 heteroatoms. The van der Waals surface area contributed by atoms with E-state index in [-0.39, 0.29) is 40.5 Å². The lowest BCUT2D eigenvalue weighted by Crippen LogP contribution is -2.42. The molecule has 218 valence electrons. The van der Waals surface area contributed by atoms with E-state index in [1.807, 2.05) is 0 Å². The predicted octanol–water partition coefficient (Wildman–Crippen LogP) is 8.06. The molecule has 0 aliphatic carbocycles. The highest BCUT2D eigenvalue weighted by atomic mass is 35.5. The molecule has 4 rings (SSSR count). The van der Waals surface area contributed by atoms with Gasteiger partial charge in [0, 0.05) is 36.7 Å². The lowest BCUT2D eigenvalue weighted by Gasteiger charge is -2.29. The van der Waals surface area contributed by atoms with Crippen molar-refractivity contribution in [3.05, 3.63) is 97.0 Å². The minimum atomic E-state index is -4.98. The number of hydrogen-bond donors (Lipinski definition) is 1. The Bertz CT molecular complexity index is 1520. The number of amides is 1. The molecule has 2 heterocycles. The minimum Gasteiger partial charge on any atom is -0.374 e. The Morgan fingerprint density at radius 1 is 1.02 bits per heavy atom. The van der Waals surface area contributed by atoms with Gasteiger partial charge in [-0.3, -0.25) is 9.78 Å². The van der Waals surface area contributed by atoms with Gasteiger partial charge in [0.05, 0.1) is 32.0 Å². The van der Waals surface area contributed by atoms with Gasteiger partial charge >= 0.3 is 12.4 Å². The zero-order chi connectivity index (χ0) is 30.3. The Morgan fingerprint density at radius 3 is 2.24 bits per heavy atom. The Kier molecular flexibility index (Phi) is 8.50. The van der Waals surface area contributed by atoms with Gasteiger partial charge in [0.25, 0.3) is 11.5 Å². The van der Waals surface area contributed by atoms with Crippen molar-refractivity contribution >= 4 is 46.4 Å². The third kappa shape index (κ3) is 6.24.